The van der Waals surface area contributed by atoms with E-state index in [0.29, 0.717) is 0 Å². The van der Waals surface area contributed by atoms with Gasteiger partial charge < -0.3 is 5.32 Å². The molecule has 2 aliphatic rings. The molecule has 0 bridgehead atoms. The summed E-state index contributed by atoms with van der Waals surface area (Å²) in [6, 6.07) is 0.861. The van der Waals surface area contributed by atoms with Crippen molar-refractivity contribution in [3.05, 3.63) is 0 Å². The first-order valence-corrected chi connectivity index (χ1v) is 5.87. The van der Waals surface area contributed by atoms with E-state index in [0.717, 1.165) is 11.3 Å². The minimum atomic E-state index is 0.861. The molecular formula is C9H17NS. The van der Waals surface area contributed by atoms with Crippen molar-refractivity contribution in [3.63, 3.8) is 0 Å². The van der Waals surface area contributed by atoms with Crippen LogP contribution >= 0.6 is 11.8 Å². The lowest BCUT2D eigenvalue weighted by molar-refractivity contribution is 0.524. The zero-order valence-corrected chi connectivity index (χ0v) is 7.83. The largest absolute Gasteiger partial charge is 0.313 e. The van der Waals surface area contributed by atoms with Crippen molar-refractivity contribution in [2.45, 2.75) is 43.4 Å². The van der Waals surface area contributed by atoms with Crippen LogP contribution in [-0.2, 0) is 0 Å². The number of rotatable bonds is 1. The van der Waals surface area contributed by atoms with Crippen molar-refractivity contribution in [1.29, 1.82) is 0 Å². The third-order valence-corrected chi connectivity index (χ3v) is 4.28. The first-order chi connectivity index (χ1) is 5.47. The zero-order chi connectivity index (χ0) is 7.52. The minimum Gasteiger partial charge on any atom is -0.313 e. The highest BCUT2D eigenvalue weighted by Crippen LogP contribution is 2.30. The SMILES string of the molecule is C1CCC(C2CCCN2)SC1. The molecule has 64 valence electrons. The third-order valence-electron chi connectivity index (χ3n) is 2.76. The summed E-state index contributed by atoms with van der Waals surface area (Å²) in [5, 5.41) is 4.56. The fourth-order valence-corrected chi connectivity index (χ4v) is 3.58. The van der Waals surface area contributed by atoms with Gasteiger partial charge in [0.25, 0.3) is 0 Å². The summed E-state index contributed by atoms with van der Waals surface area (Å²) in [4.78, 5) is 0. The van der Waals surface area contributed by atoms with Crippen LogP contribution in [0.5, 0.6) is 0 Å². The van der Waals surface area contributed by atoms with Crippen molar-refractivity contribution in [1.82, 2.24) is 5.32 Å². The summed E-state index contributed by atoms with van der Waals surface area (Å²) in [6.07, 6.45) is 7.21. The first kappa shape index (κ1) is 7.93. The Morgan fingerprint density at radius 3 is 2.73 bits per heavy atom. The molecule has 2 heteroatoms. The van der Waals surface area contributed by atoms with E-state index in [1.165, 1.54) is 44.4 Å². The van der Waals surface area contributed by atoms with Crippen molar-refractivity contribution >= 4 is 11.8 Å². The van der Waals surface area contributed by atoms with Gasteiger partial charge in [-0.3, -0.25) is 0 Å². The van der Waals surface area contributed by atoms with E-state index in [4.69, 9.17) is 0 Å². The molecule has 2 rings (SSSR count). The molecule has 11 heavy (non-hydrogen) atoms. The van der Waals surface area contributed by atoms with E-state index in [9.17, 15) is 0 Å². The van der Waals surface area contributed by atoms with E-state index in [2.05, 4.69) is 17.1 Å². The van der Waals surface area contributed by atoms with E-state index < -0.39 is 0 Å². The van der Waals surface area contributed by atoms with Crippen molar-refractivity contribution in [2.24, 2.45) is 0 Å². The monoisotopic (exact) mass is 171 g/mol. The molecule has 2 heterocycles. The smallest absolute Gasteiger partial charge is 0.0201 e. The Kier molecular flexibility index (Phi) is 2.75. The van der Waals surface area contributed by atoms with Crippen LogP contribution in [0.25, 0.3) is 0 Å². The normalized spacial score (nSPS) is 39.3. The molecule has 0 aromatic rings. The summed E-state index contributed by atoms with van der Waals surface area (Å²) in [6.45, 7) is 1.27. The molecule has 0 spiro atoms. The Morgan fingerprint density at radius 2 is 2.09 bits per heavy atom. The predicted octanol–water partition coefficient (Wildman–Crippen LogP) is 2.02. The fourth-order valence-electron chi connectivity index (χ4n) is 2.11. The number of thioether (sulfide) groups is 1. The third kappa shape index (κ3) is 1.91. The van der Waals surface area contributed by atoms with Gasteiger partial charge in [-0.15, -0.1) is 0 Å². The number of hydrogen-bond donors (Lipinski definition) is 1. The van der Waals surface area contributed by atoms with E-state index >= 15 is 0 Å². The maximum absolute atomic E-state index is 3.61. The molecule has 0 aromatic carbocycles. The second-order valence-electron chi connectivity index (χ2n) is 3.61. The van der Waals surface area contributed by atoms with Crippen LogP contribution < -0.4 is 5.32 Å². The van der Waals surface area contributed by atoms with Crippen LogP contribution in [0.1, 0.15) is 32.1 Å². The standard InChI is InChI=1S/C9H17NS/c1-2-7-11-9(5-1)8-4-3-6-10-8/h8-10H,1-7H2. The summed E-state index contributed by atoms with van der Waals surface area (Å²) in [7, 11) is 0. The quantitative estimate of drug-likeness (QED) is 0.648. The van der Waals surface area contributed by atoms with Gasteiger partial charge in [-0.25, -0.2) is 0 Å². The van der Waals surface area contributed by atoms with Crippen LogP contribution in [0, 0.1) is 0 Å². The lowest BCUT2D eigenvalue weighted by Gasteiger charge is -2.26. The highest BCUT2D eigenvalue weighted by atomic mass is 32.2. The van der Waals surface area contributed by atoms with Gasteiger partial charge in [0.2, 0.25) is 0 Å². The van der Waals surface area contributed by atoms with Gasteiger partial charge in [0.05, 0.1) is 0 Å². The predicted molar refractivity (Wildman–Crippen MR) is 51.1 cm³/mol. The molecule has 2 fully saturated rings. The Balaban J connectivity index is 1.82. The van der Waals surface area contributed by atoms with Crippen LogP contribution in [0.2, 0.25) is 0 Å². The molecule has 0 aliphatic carbocycles. The molecular weight excluding hydrogens is 154 g/mol. The van der Waals surface area contributed by atoms with E-state index in [1.807, 2.05) is 0 Å². The molecule has 0 radical (unpaired) electrons. The lowest BCUT2D eigenvalue weighted by atomic mass is 10.1. The Bertz CT molecular complexity index is 115. The summed E-state index contributed by atoms with van der Waals surface area (Å²) in [5.74, 6) is 1.41. The lowest BCUT2D eigenvalue weighted by Crippen LogP contribution is -2.34. The van der Waals surface area contributed by atoms with Gasteiger partial charge in [-0.2, -0.15) is 11.8 Å². The second-order valence-corrected chi connectivity index (χ2v) is 4.95. The van der Waals surface area contributed by atoms with E-state index in [-0.39, 0.29) is 0 Å². The molecule has 2 atom stereocenters. The molecule has 0 saturated carbocycles. The molecule has 2 aliphatic heterocycles. The number of hydrogen-bond acceptors (Lipinski definition) is 2. The maximum Gasteiger partial charge on any atom is 0.0201 e. The second kappa shape index (κ2) is 3.81. The summed E-state index contributed by atoms with van der Waals surface area (Å²) < 4.78 is 0. The van der Waals surface area contributed by atoms with Gasteiger partial charge >= 0.3 is 0 Å². The Morgan fingerprint density at radius 1 is 1.09 bits per heavy atom. The van der Waals surface area contributed by atoms with Gasteiger partial charge in [0.1, 0.15) is 0 Å². The molecule has 1 nitrogen and oxygen atoms in total. The minimum absolute atomic E-state index is 0.861. The molecule has 0 aromatic heterocycles. The highest BCUT2D eigenvalue weighted by Gasteiger charge is 2.25. The summed E-state index contributed by atoms with van der Waals surface area (Å²) in [5.41, 5.74) is 0. The van der Waals surface area contributed by atoms with Gasteiger partial charge in [-0.05, 0) is 38.0 Å². The molecule has 2 unspecified atom stereocenters. The number of nitrogens with one attached hydrogen (secondary N) is 1. The van der Waals surface area contributed by atoms with Crippen molar-refractivity contribution < 1.29 is 0 Å². The average molecular weight is 171 g/mol. The zero-order valence-electron chi connectivity index (χ0n) is 7.01. The van der Waals surface area contributed by atoms with Crippen LogP contribution in [0.15, 0.2) is 0 Å². The Hall–Kier alpha value is 0.310. The molecule has 1 N–H and O–H groups in total. The van der Waals surface area contributed by atoms with Crippen LogP contribution in [-0.4, -0.2) is 23.6 Å². The topological polar surface area (TPSA) is 12.0 Å². The summed E-state index contributed by atoms with van der Waals surface area (Å²) >= 11 is 2.20. The Labute approximate surface area is 73.3 Å². The molecule has 0 amide bonds. The van der Waals surface area contributed by atoms with Crippen LogP contribution in [0.4, 0.5) is 0 Å². The molecule has 2 saturated heterocycles. The van der Waals surface area contributed by atoms with E-state index in [1.54, 1.807) is 0 Å². The first-order valence-electron chi connectivity index (χ1n) is 4.82. The maximum atomic E-state index is 3.61. The average Bonchev–Trinajstić information content (AvgIpc) is 2.58. The fraction of sp³-hybridized carbons (Fsp3) is 1.00. The van der Waals surface area contributed by atoms with Gasteiger partial charge in [0, 0.05) is 11.3 Å². The van der Waals surface area contributed by atoms with Gasteiger partial charge in [-0.1, -0.05) is 6.42 Å². The van der Waals surface area contributed by atoms with Crippen molar-refractivity contribution in [3.8, 4) is 0 Å². The highest BCUT2D eigenvalue weighted by molar-refractivity contribution is 8.00. The van der Waals surface area contributed by atoms with Crippen molar-refractivity contribution in [2.75, 3.05) is 12.3 Å². The van der Waals surface area contributed by atoms with Gasteiger partial charge in [0.15, 0.2) is 0 Å². The van der Waals surface area contributed by atoms with Crippen LogP contribution in [0.3, 0.4) is 0 Å².